The summed E-state index contributed by atoms with van der Waals surface area (Å²) >= 11 is 5.74. The van der Waals surface area contributed by atoms with Gasteiger partial charge in [-0.25, -0.2) is 4.39 Å². The third-order valence-corrected chi connectivity index (χ3v) is 2.76. The first-order valence-corrected chi connectivity index (χ1v) is 5.83. The Bertz CT molecular complexity index is 596. The van der Waals surface area contributed by atoms with Crippen LogP contribution in [0.4, 0.5) is 4.39 Å². The summed E-state index contributed by atoms with van der Waals surface area (Å²) in [6, 6.07) is 8.94. The van der Waals surface area contributed by atoms with E-state index in [1.807, 2.05) is 0 Å². The number of phenols is 1. The van der Waals surface area contributed by atoms with Crippen LogP contribution in [-0.4, -0.2) is 11.4 Å². The Hall–Kier alpha value is -2.07. The lowest BCUT2D eigenvalue weighted by Gasteiger charge is -2.09. The Morgan fingerprint density at radius 1 is 1.26 bits per heavy atom. The molecule has 2 aromatic rings. The fourth-order valence-corrected chi connectivity index (χ4v) is 1.63. The SMILES string of the molecule is O=Cc1cc(O)c(OCc2ccc(Cl)cc2)cc1F. The first kappa shape index (κ1) is 13.4. The summed E-state index contributed by atoms with van der Waals surface area (Å²) in [6.45, 7) is 0.157. The van der Waals surface area contributed by atoms with Gasteiger partial charge in [-0.2, -0.15) is 0 Å². The maximum atomic E-state index is 13.4. The van der Waals surface area contributed by atoms with Crippen LogP contribution in [0, 0.1) is 5.82 Å². The van der Waals surface area contributed by atoms with E-state index in [9.17, 15) is 14.3 Å². The molecule has 0 amide bonds. The number of phenolic OH excluding ortho intramolecular Hbond substituents is 1. The zero-order valence-corrected chi connectivity index (χ0v) is 10.5. The van der Waals surface area contributed by atoms with E-state index in [4.69, 9.17) is 16.3 Å². The van der Waals surface area contributed by atoms with E-state index < -0.39 is 5.82 Å². The maximum Gasteiger partial charge on any atom is 0.164 e. The van der Waals surface area contributed by atoms with Gasteiger partial charge in [-0.05, 0) is 23.8 Å². The molecule has 0 spiro atoms. The molecule has 0 aliphatic rings. The quantitative estimate of drug-likeness (QED) is 0.871. The van der Waals surface area contributed by atoms with Crippen molar-refractivity contribution in [2.24, 2.45) is 0 Å². The summed E-state index contributed by atoms with van der Waals surface area (Å²) in [5, 5.41) is 10.2. The predicted molar refractivity (Wildman–Crippen MR) is 69.2 cm³/mol. The van der Waals surface area contributed by atoms with E-state index in [1.165, 1.54) is 0 Å². The number of hydrogen-bond donors (Lipinski definition) is 1. The molecule has 0 aliphatic heterocycles. The second-order valence-corrected chi connectivity index (χ2v) is 4.31. The van der Waals surface area contributed by atoms with Crippen LogP contribution in [0.5, 0.6) is 11.5 Å². The summed E-state index contributed by atoms with van der Waals surface area (Å²) in [4.78, 5) is 10.5. The van der Waals surface area contributed by atoms with Gasteiger partial charge < -0.3 is 9.84 Å². The van der Waals surface area contributed by atoms with E-state index in [1.54, 1.807) is 24.3 Å². The molecule has 5 heteroatoms. The second-order valence-electron chi connectivity index (χ2n) is 3.87. The lowest BCUT2D eigenvalue weighted by Crippen LogP contribution is -1.97. The highest BCUT2D eigenvalue weighted by Crippen LogP contribution is 2.29. The summed E-state index contributed by atoms with van der Waals surface area (Å²) in [5.74, 6) is -1.03. The smallest absolute Gasteiger partial charge is 0.164 e. The van der Waals surface area contributed by atoms with E-state index >= 15 is 0 Å². The lowest BCUT2D eigenvalue weighted by molar-refractivity contribution is 0.111. The van der Waals surface area contributed by atoms with Crippen molar-refractivity contribution in [1.82, 2.24) is 0 Å². The van der Waals surface area contributed by atoms with Crippen LogP contribution in [-0.2, 0) is 6.61 Å². The highest BCUT2D eigenvalue weighted by atomic mass is 35.5. The first-order valence-electron chi connectivity index (χ1n) is 5.45. The molecule has 0 radical (unpaired) electrons. The standard InChI is InChI=1S/C14H10ClFO3/c15-11-3-1-9(2-4-11)8-19-14-6-12(16)10(7-17)5-13(14)18/h1-7,18H,8H2. The molecule has 1 N–H and O–H groups in total. The number of carbonyl (C=O) groups is 1. The minimum absolute atomic E-state index is 0.0157. The Kier molecular flexibility index (Phi) is 4.02. The van der Waals surface area contributed by atoms with Crippen LogP contribution in [0.2, 0.25) is 5.02 Å². The normalized spacial score (nSPS) is 10.2. The van der Waals surface area contributed by atoms with Gasteiger partial charge >= 0.3 is 0 Å². The van der Waals surface area contributed by atoms with Gasteiger partial charge in [0.15, 0.2) is 17.8 Å². The van der Waals surface area contributed by atoms with Crippen molar-refractivity contribution >= 4 is 17.9 Å². The predicted octanol–water partition coefficient (Wildman–Crippen LogP) is 3.58. The van der Waals surface area contributed by atoms with Crippen molar-refractivity contribution in [3.8, 4) is 11.5 Å². The fourth-order valence-electron chi connectivity index (χ4n) is 1.51. The van der Waals surface area contributed by atoms with Gasteiger partial charge in [0, 0.05) is 11.1 Å². The summed E-state index contributed by atoms with van der Waals surface area (Å²) in [5.41, 5.74) is 0.611. The molecule has 3 nitrogen and oxygen atoms in total. The number of ether oxygens (including phenoxy) is 1. The fraction of sp³-hybridized carbons (Fsp3) is 0.0714. The zero-order chi connectivity index (χ0) is 13.8. The Balaban J connectivity index is 2.13. The average molecular weight is 281 g/mol. The van der Waals surface area contributed by atoms with Gasteiger partial charge in [-0.1, -0.05) is 23.7 Å². The summed E-state index contributed by atoms with van der Waals surface area (Å²) in [7, 11) is 0. The number of benzene rings is 2. The van der Waals surface area contributed by atoms with Gasteiger partial charge in [-0.15, -0.1) is 0 Å². The third kappa shape index (κ3) is 3.23. The number of hydrogen-bond acceptors (Lipinski definition) is 3. The van der Waals surface area contributed by atoms with Crippen molar-refractivity contribution in [2.45, 2.75) is 6.61 Å². The van der Waals surface area contributed by atoms with E-state index in [0.29, 0.717) is 11.3 Å². The maximum absolute atomic E-state index is 13.4. The molecular weight excluding hydrogens is 271 g/mol. The number of carbonyl (C=O) groups excluding carboxylic acids is 1. The zero-order valence-electron chi connectivity index (χ0n) is 9.77. The highest BCUT2D eigenvalue weighted by Gasteiger charge is 2.10. The summed E-state index contributed by atoms with van der Waals surface area (Å²) in [6.07, 6.45) is 0.331. The molecule has 0 saturated heterocycles. The number of rotatable bonds is 4. The largest absolute Gasteiger partial charge is 0.504 e. The molecule has 0 atom stereocenters. The lowest BCUT2D eigenvalue weighted by atomic mass is 10.2. The molecule has 2 aromatic carbocycles. The van der Waals surface area contributed by atoms with E-state index in [-0.39, 0.29) is 23.7 Å². The van der Waals surface area contributed by atoms with Crippen molar-refractivity contribution in [2.75, 3.05) is 0 Å². The molecule has 0 unspecified atom stereocenters. The molecule has 98 valence electrons. The van der Waals surface area contributed by atoms with Crippen molar-refractivity contribution in [3.05, 3.63) is 58.4 Å². The van der Waals surface area contributed by atoms with Crippen LogP contribution < -0.4 is 4.74 Å². The van der Waals surface area contributed by atoms with Crippen LogP contribution in [0.3, 0.4) is 0 Å². The average Bonchev–Trinajstić information content (AvgIpc) is 2.41. The van der Waals surface area contributed by atoms with Gasteiger partial charge in [-0.3, -0.25) is 4.79 Å². The number of aldehydes is 1. The molecule has 0 aromatic heterocycles. The Morgan fingerprint density at radius 3 is 2.58 bits per heavy atom. The van der Waals surface area contributed by atoms with Crippen molar-refractivity contribution in [1.29, 1.82) is 0 Å². The van der Waals surface area contributed by atoms with Crippen molar-refractivity contribution < 1.29 is 19.0 Å². The van der Waals surface area contributed by atoms with Gasteiger partial charge in [0.1, 0.15) is 12.4 Å². The number of halogens is 2. The van der Waals surface area contributed by atoms with E-state index in [0.717, 1.165) is 17.7 Å². The molecule has 0 fully saturated rings. The van der Waals surface area contributed by atoms with Crippen LogP contribution in [0.15, 0.2) is 36.4 Å². The first-order chi connectivity index (χ1) is 9.10. The van der Waals surface area contributed by atoms with Crippen molar-refractivity contribution in [3.63, 3.8) is 0 Å². The molecule has 0 bridgehead atoms. The molecule has 19 heavy (non-hydrogen) atoms. The number of aromatic hydroxyl groups is 1. The Morgan fingerprint density at radius 2 is 1.95 bits per heavy atom. The van der Waals surface area contributed by atoms with E-state index in [2.05, 4.69) is 0 Å². The van der Waals surface area contributed by atoms with Gasteiger partial charge in [0.05, 0.1) is 5.56 Å². The molecule has 2 rings (SSSR count). The van der Waals surface area contributed by atoms with Gasteiger partial charge in [0.2, 0.25) is 0 Å². The Labute approximate surface area is 114 Å². The third-order valence-electron chi connectivity index (χ3n) is 2.51. The highest BCUT2D eigenvalue weighted by molar-refractivity contribution is 6.30. The molecule has 0 heterocycles. The van der Waals surface area contributed by atoms with Crippen LogP contribution in [0.1, 0.15) is 15.9 Å². The topological polar surface area (TPSA) is 46.5 Å². The van der Waals surface area contributed by atoms with Crippen LogP contribution in [0.25, 0.3) is 0 Å². The van der Waals surface area contributed by atoms with Crippen LogP contribution >= 0.6 is 11.6 Å². The van der Waals surface area contributed by atoms with Gasteiger partial charge in [0.25, 0.3) is 0 Å². The second kappa shape index (κ2) is 5.71. The monoisotopic (exact) mass is 280 g/mol. The minimum Gasteiger partial charge on any atom is -0.504 e. The minimum atomic E-state index is -0.737. The summed E-state index contributed by atoms with van der Waals surface area (Å²) < 4.78 is 18.7. The molecular formula is C14H10ClFO3. The molecule has 0 saturated carbocycles. The molecule has 0 aliphatic carbocycles.